The van der Waals surface area contributed by atoms with E-state index in [9.17, 15) is 4.79 Å². The molecule has 1 N–H and O–H groups in total. The molecular weight excluding hydrogens is 228 g/mol. The summed E-state index contributed by atoms with van der Waals surface area (Å²) in [5, 5.41) is 10.0. The lowest BCUT2D eigenvalue weighted by molar-refractivity contribution is 0.0692. The first-order chi connectivity index (χ1) is 7.49. The number of nitrogens with zero attached hydrogens (tertiary/aromatic N) is 2. The fraction of sp³-hybridized carbons (Fsp3) is 0.182. The van der Waals surface area contributed by atoms with Gasteiger partial charge in [-0.2, -0.15) is 0 Å². The van der Waals surface area contributed by atoms with Crippen molar-refractivity contribution in [3.63, 3.8) is 0 Å². The fourth-order valence-corrected chi connectivity index (χ4v) is 1.91. The van der Waals surface area contributed by atoms with E-state index in [0.29, 0.717) is 21.7 Å². The summed E-state index contributed by atoms with van der Waals surface area (Å²) in [7, 11) is 0. The zero-order valence-electron chi connectivity index (χ0n) is 8.78. The first-order valence-corrected chi connectivity index (χ1v) is 5.04. The molecule has 4 nitrogen and oxygen atoms in total. The van der Waals surface area contributed by atoms with Crippen LogP contribution < -0.4 is 0 Å². The quantitative estimate of drug-likeness (QED) is 0.827. The number of aromatic carboxylic acids is 1. The number of hydrogen-bond acceptors (Lipinski definition) is 3. The third-order valence-corrected chi connectivity index (χ3v) is 2.49. The number of carbonyl (C=O) groups is 1. The second kappa shape index (κ2) is 3.72. The van der Waals surface area contributed by atoms with Crippen LogP contribution in [-0.4, -0.2) is 21.0 Å². The van der Waals surface area contributed by atoms with Gasteiger partial charge in [0, 0.05) is 10.4 Å². The highest BCUT2D eigenvalue weighted by Gasteiger charge is 2.14. The summed E-state index contributed by atoms with van der Waals surface area (Å²) in [5.74, 6) is -0.632. The van der Waals surface area contributed by atoms with Gasteiger partial charge in [0.15, 0.2) is 5.69 Å². The van der Waals surface area contributed by atoms with Gasteiger partial charge in [-0.25, -0.2) is 14.8 Å². The molecular formula is C11H9ClN2O2. The van der Waals surface area contributed by atoms with Crippen LogP contribution in [0.1, 0.15) is 21.9 Å². The maximum Gasteiger partial charge on any atom is 0.355 e. The van der Waals surface area contributed by atoms with E-state index in [1.165, 1.54) is 0 Å². The lowest BCUT2D eigenvalue weighted by Gasteiger charge is -2.06. The molecule has 1 aromatic carbocycles. The van der Waals surface area contributed by atoms with Gasteiger partial charge in [0.1, 0.15) is 5.82 Å². The van der Waals surface area contributed by atoms with Gasteiger partial charge in [-0.1, -0.05) is 11.6 Å². The summed E-state index contributed by atoms with van der Waals surface area (Å²) in [6, 6.07) is 3.33. The summed E-state index contributed by atoms with van der Waals surface area (Å²) in [6.07, 6.45) is 0. The van der Waals surface area contributed by atoms with E-state index in [4.69, 9.17) is 16.7 Å². The third kappa shape index (κ3) is 1.72. The van der Waals surface area contributed by atoms with Crippen molar-refractivity contribution in [3.8, 4) is 0 Å². The molecule has 0 aliphatic rings. The van der Waals surface area contributed by atoms with Gasteiger partial charge < -0.3 is 5.11 Å². The minimum absolute atomic E-state index is 0.00639. The molecule has 16 heavy (non-hydrogen) atoms. The molecule has 1 heterocycles. The van der Waals surface area contributed by atoms with E-state index < -0.39 is 5.97 Å². The van der Waals surface area contributed by atoms with E-state index in [-0.39, 0.29) is 5.69 Å². The molecule has 0 saturated carbocycles. The Bertz CT molecular complexity index is 596. The zero-order chi connectivity index (χ0) is 11.9. The van der Waals surface area contributed by atoms with Crippen molar-refractivity contribution in [2.75, 3.05) is 0 Å². The number of aromatic nitrogens is 2. The van der Waals surface area contributed by atoms with Gasteiger partial charge in [0.05, 0.1) is 5.52 Å². The van der Waals surface area contributed by atoms with Crippen LogP contribution in [-0.2, 0) is 0 Å². The molecule has 0 aliphatic heterocycles. The second-order valence-corrected chi connectivity index (χ2v) is 3.98. The van der Waals surface area contributed by atoms with E-state index in [1.54, 1.807) is 19.1 Å². The molecule has 0 bridgehead atoms. The van der Waals surface area contributed by atoms with Crippen molar-refractivity contribution in [2.45, 2.75) is 13.8 Å². The molecule has 1 aromatic heterocycles. The number of halogens is 1. The molecule has 0 unspecified atom stereocenters. The SMILES string of the molecule is Cc1nc(C(=O)O)c2cc(Cl)cc(C)c2n1. The molecule has 5 heteroatoms. The summed E-state index contributed by atoms with van der Waals surface area (Å²) in [4.78, 5) is 19.2. The van der Waals surface area contributed by atoms with Crippen molar-refractivity contribution in [3.05, 3.63) is 34.2 Å². The standard InChI is InChI=1S/C11H9ClN2O2/c1-5-3-7(12)4-8-9(5)13-6(2)14-10(8)11(15)16/h3-4H,1-2H3,(H,15,16). The lowest BCUT2D eigenvalue weighted by atomic mass is 10.1. The van der Waals surface area contributed by atoms with Gasteiger partial charge >= 0.3 is 5.97 Å². The molecule has 0 spiro atoms. The number of rotatable bonds is 1. The Morgan fingerprint density at radius 1 is 1.31 bits per heavy atom. The molecule has 2 rings (SSSR count). The average Bonchev–Trinajstić information content (AvgIpc) is 2.18. The normalized spacial score (nSPS) is 10.7. The monoisotopic (exact) mass is 236 g/mol. The van der Waals surface area contributed by atoms with Gasteiger partial charge in [-0.3, -0.25) is 0 Å². The minimum Gasteiger partial charge on any atom is -0.476 e. The largest absolute Gasteiger partial charge is 0.476 e. The smallest absolute Gasteiger partial charge is 0.355 e. The Balaban J connectivity index is 2.95. The lowest BCUT2D eigenvalue weighted by Crippen LogP contribution is -2.05. The highest BCUT2D eigenvalue weighted by Crippen LogP contribution is 2.24. The molecule has 0 saturated heterocycles. The van der Waals surface area contributed by atoms with E-state index >= 15 is 0 Å². The first-order valence-electron chi connectivity index (χ1n) is 4.67. The van der Waals surface area contributed by atoms with E-state index in [2.05, 4.69) is 9.97 Å². The minimum atomic E-state index is -1.07. The Hall–Kier alpha value is -1.68. The van der Waals surface area contributed by atoms with Crippen molar-refractivity contribution in [1.29, 1.82) is 0 Å². The molecule has 0 amide bonds. The van der Waals surface area contributed by atoms with Crippen LogP contribution in [0.15, 0.2) is 12.1 Å². The Morgan fingerprint density at radius 3 is 2.62 bits per heavy atom. The van der Waals surface area contributed by atoms with Gasteiger partial charge in [-0.05, 0) is 31.5 Å². The van der Waals surface area contributed by atoms with Crippen molar-refractivity contribution in [1.82, 2.24) is 9.97 Å². The number of benzene rings is 1. The topological polar surface area (TPSA) is 63.1 Å². The van der Waals surface area contributed by atoms with Gasteiger partial charge in [0.2, 0.25) is 0 Å². The van der Waals surface area contributed by atoms with Crippen LogP contribution in [0.2, 0.25) is 5.02 Å². The molecule has 82 valence electrons. The van der Waals surface area contributed by atoms with Crippen LogP contribution in [0.5, 0.6) is 0 Å². The molecule has 0 fully saturated rings. The Kier molecular flexibility index (Phi) is 2.52. The number of carboxylic acids is 1. The van der Waals surface area contributed by atoms with Crippen LogP contribution >= 0.6 is 11.6 Å². The average molecular weight is 237 g/mol. The van der Waals surface area contributed by atoms with E-state index in [1.807, 2.05) is 6.92 Å². The second-order valence-electron chi connectivity index (χ2n) is 3.54. The first kappa shape index (κ1) is 10.8. The third-order valence-electron chi connectivity index (χ3n) is 2.27. The van der Waals surface area contributed by atoms with Crippen LogP contribution in [0.4, 0.5) is 0 Å². The Labute approximate surface area is 96.9 Å². The molecule has 0 aliphatic carbocycles. The summed E-state index contributed by atoms with van der Waals surface area (Å²) in [5.41, 5.74) is 1.47. The maximum absolute atomic E-state index is 11.1. The highest BCUT2D eigenvalue weighted by atomic mass is 35.5. The van der Waals surface area contributed by atoms with Crippen LogP contribution in [0, 0.1) is 13.8 Å². The molecule has 0 atom stereocenters. The summed E-state index contributed by atoms with van der Waals surface area (Å²) < 4.78 is 0. The van der Waals surface area contributed by atoms with Crippen molar-refractivity contribution in [2.24, 2.45) is 0 Å². The Morgan fingerprint density at radius 2 is 2.00 bits per heavy atom. The molecule has 2 aromatic rings. The van der Waals surface area contributed by atoms with Gasteiger partial charge in [0.25, 0.3) is 0 Å². The molecule has 0 radical (unpaired) electrons. The van der Waals surface area contributed by atoms with E-state index in [0.717, 1.165) is 5.56 Å². The zero-order valence-corrected chi connectivity index (χ0v) is 9.54. The summed E-state index contributed by atoms with van der Waals surface area (Å²) >= 11 is 5.89. The number of carboxylic acid groups (broad SMARTS) is 1. The summed E-state index contributed by atoms with van der Waals surface area (Å²) in [6.45, 7) is 3.51. The van der Waals surface area contributed by atoms with Crippen molar-refractivity contribution >= 4 is 28.5 Å². The van der Waals surface area contributed by atoms with Crippen molar-refractivity contribution < 1.29 is 9.90 Å². The maximum atomic E-state index is 11.1. The predicted octanol–water partition coefficient (Wildman–Crippen LogP) is 2.60. The number of hydrogen-bond donors (Lipinski definition) is 1. The number of fused-ring (bicyclic) bond motifs is 1. The highest BCUT2D eigenvalue weighted by molar-refractivity contribution is 6.31. The van der Waals surface area contributed by atoms with Gasteiger partial charge in [-0.15, -0.1) is 0 Å². The predicted molar refractivity (Wildman–Crippen MR) is 61.0 cm³/mol. The fourth-order valence-electron chi connectivity index (χ4n) is 1.64. The van der Waals surface area contributed by atoms with Crippen LogP contribution in [0.3, 0.4) is 0 Å². The van der Waals surface area contributed by atoms with Crippen LogP contribution in [0.25, 0.3) is 10.9 Å². The number of aryl methyl sites for hydroxylation is 2.